The molecule has 0 saturated heterocycles. The molecule has 7 nitrogen and oxygen atoms in total. The lowest BCUT2D eigenvalue weighted by Gasteiger charge is -2.28. The minimum Gasteiger partial charge on any atom is -0.391 e. The Morgan fingerprint density at radius 1 is 1.26 bits per heavy atom. The molecule has 0 radical (unpaired) electrons. The molecule has 122 valence electrons. The molecule has 0 unspecified atom stereocenters. The van der Waals surface area contributed by atoms with Crippen molar-refractivity contribution in [1.82, 2.24) is 25.6 Å². The highest BCUT2D eigenvalue weighted by Crippen LogP contribution is 2.18. The lowest BCUT2D eigenvalue weighted by atomic mass is 9.93. The number of rotatable bonds is 4. The van der Waals surface area contributed by atoms with Gasteiger partial charge in [0.15, 0.2) is 0 Å². The van der Waals surface area contributed by atoms with Gasteiger partial charge < -0.3 is 15.7 Å². The van der Waals surface area contributed by atoms with E-state index in [0.29, 0.717) is 12.2 Å². The van der Waals surface area contributed by atoms with Crippen LogP contribution in [-0.2, 0) is 6.54 Å². The minimum atomic E-state index is -0.451. The van der Waals surface area contributed by atoms with E-state index in [0.717, 1.165) is 31.4 Å². The number of hydrogen-bond donors (Lipinski definition) is 3. The largest absolute Gasteiger partial charge is 0.391 e. The number of nitrogens with zero attached hydrogens (tertiary/aromatic N) is 3. The Balaban J connectivity index is 1.50. The molecular formula is C16H21N5O2. The van der Waals surface area contributed by atoms with Crippen molar-refractivity contribution in [3.63, 3.8) is 0 Å². The monoisotopic (exact) mass is 315 g/mol. The number of nitrogens with one attached hydrogen (secondary N) is 2. The number of para-hydroxylation sites is 1. The fourth-order valence-electron chi connectivity index (χ4n) is 2.76. The molecule has 23 heavy (non-hydrogen) atoms. The Labute approximate surface area is 134 Å². The Hall–Kier alpha value is -2.41. The van der Waals surface area contributed by atoms with Gasteiger partial charge in [0.1, 0.15) is 5.69 Å². The fourth-order valence-corrected chi connectivity index (χ4v) is 2.76. The van der Waals surface area contributed by atoms with Crippen molar-refractivity contribution in [2.75, 3.05) is 0 Å². The summed E-state index contributed by atoms with van der Waals surface area (Å²) in [5.41, 5.74) is 1.59. The Kier molecular flexibility index (Phi) is 4.87. The van der Waals surface area contributed by atoms with E-state index in [2.05, 4.69) is 20.9 Å². The number of carbonyl (C=O) groups excluding carboxylic acids is 1. The maximum Gasteiger partial charge on any atom is 0.315 e. The molecule has 2 aromatic rings. The van der Waals surface area contributed by atoms with Crippen molar-refractivity contribution in [3.05, 3.63) is 42.2 Å². The van der Waals surface area contributed by atoms with Crippen LogP contribution in [0.15, 0.2) is 36.5 Å². The van der Waals surface area contributed by atoms with Crippen LogP contribution in [0.4, 0.5) is 4.79 Å². The number of carbonyl (C=O) groups is 1. The molecule has 0 bridgehead atoms. The second kappa shape index (κ2) is 7.23. The Morgan fingerprint density at radius 2 is 2.04 bits per heavy atom. The van der Waals surface area contributed by atoms with Gasteiger partial charge in [-0.25, -0.2) is 9.48 Å². The summed E-state index contributed by atoms with van der Waals surface area (Å²) < 4.78 is 1.67. The van der Waals surface area contributed by atoms with Crippen molar-refractivity contribution in [2.45, 2.75) is 44.4 Å². The molecule has 1 fully saturated rings. The first-order valence-corrected chi connectivity index (χ1v) is 7.91. The van der Waals surface area contributed by atoms with Crippen molar-refractivity contribution >= 4 is 6.03 Å². The van der Waals surface area contributed by atoms with Crippen molar-refractivity contribution in [2.24, 2.45) is 0 Å². The molecular weight excluding hydrogens is 294 g/mol. The number of hydrogen-bond acceptors (Lipinski definition) is 4. The Morgan fingerprint density at radius 3 is 2.83 bits per heavy atom. The van der Waals surface area contributed by atoms with E-state index in [1.54, 1.807) is 10.9 Å². The van der Waals surface area contributed by atoms with Gasteiger partial charge in [-0.15, -0.1) is 5.10 Å². The van der Waals surface area contributed by atoms with Crippen LogP contribution in [0.5, 0.6) is 0 Å². The Bertz CT molecular complexity index is 643. The summed E-state index contributed by atoms with van der Waals surface area (Å²) in [6.07, 6.45) is 4.95. The molecule has 2 atom stereocenters. The van der Waals surface area contributed by atoms with Crippen molar-refractivity contribution in [3.8, 4) is 5.69 Å². The van der Waals surface area contributed by atoms with Crippen LogP contribution in [0.1, 0.15) is 31.4 Å². The van der Waals surface area contributed by atoms with Gasteiger partial charge in [-0.05, 0) is 25.0 Å². The van der Waals surface area contributed by atoms with E-state index in [1.807, 2.05) is 30.3 Å². The third kappa shape index (κ3) is 4.07. The van der Waals surface area contributed by atoms with Gasteiger partial charge in [0, 0.05) is 0 Å². The number of urea groups is 1. The number of benzene rings is 1. The summed E-state index contributed by atoms with van der Waals surface area (Å²) in [5, 5.41) is 23.5. The third-order valence-corrected chi connectivity index (χ3v) is 4.04. The summed E-state index contributed by atoms with van der Waals surface area (Å²) in [6, 6.07) is 9.21. The summed E-state index contributed by atoms with van der Waals surface area (Å²) in [5.74, 6) is 0. The van der Waals surface area contributed by atoms with Gasteiger partial charge >= 0.3 is 6.03 Å². The highest BCUT2D eigenvalue weighted by atomic mass is 16.3. The van der Waals surface area contributed by atoms with E-state index in [9.17, 15) is 9.90 Å². The molecule has 0 spiro atoms. The van der Waals surface area contributed by atoms with Gasteiger partial charge in [-0.3, -0.25) is 0 Å². The first kappa shape index (κ1) is 15.5. The summed E-state index contributed by atoms with van der Waals surface area (Å²) in [4.78, 5) is 11.9. The van der Waals surface area contributed by atoms with Crippen molar-refractivity contribution < 1.29 is 9.90 Å². The van der Waals surface area contributed by atoms with E-state index < -0.39 is 6.10 Å². The quantitative estimate of drug-likeness (QED) is 0.794. The molecule has 1 aromatic carbocycles. The molecule has 1 aromatic heterocycles. The predicted molar refractivity (Wildman–Crippen MR) is 85.0 cm³/mol. The topological polar surface area (TPSA) is 92.1 Å². The standard InChI is InChI=1S/C16H21N5O2/c22-15-9-5-4-8-14(15)18-16(23)17-10-12-11-21(20-19-12)13-6-2-1-3-7-13/h1-3,6-7,11,14-15,22H,4-5,8-10H2,(H2,17,18,23)/t14-,15-/m1/s1. The highest BCUT2D eigenvalue weighted by molar-refractivity contribution is 5.74. The number of aliphatic hydroxyl groups is 1. The van der Waals surface area contributed by atoms with Crippen LogP contribution in [-0.4, -0.2) is 38.3 Å². The second-order valence-corrected chi connectivity index (χ2v) is 5.78. The molecule has 1 aliphatic carbocycles. The second-order valence-electron chi connectivity index (χ2n) is 5.78. The summed E-state index contributed by atoms with van der Waals surface area (Å²) in [6.45, 7) is 0.293. The lowest BCUT2D eigenvalue weighted by molar-refractivity contribution is 0.0943. The zero-order chi connectivity index (χ0) is 16.1. The molecule has 2 amide bonds. The molecule has 1 heterocycles. The first-order valence-electron chi connectivity index (χ1n) is 7.91. The zero-order valence-corrected chi connectivity index (χ0v) is 12.9. The maximum atomic E-state index is 11.9. The summed E-state index contributed by atoms with van der Waals surface area (Å²) >= 11 is 0. The average molecular weight is 315 g/mol. The number of amides is 2. The van der Waals surface area contributed by atoms with E-state index in [4.69, 9.17) is 0 Å². The highest BCUT2D eigenvalue weighted by Gasteiger charge is 2.24. The molecule has 0 aliphatic heterocycles. The first-order chi connectivity index (χ1) is 11.2. The SMILES string of the molecule is O=C(NCc1cn(-c2ccccc2)nn1)N[C@@H]1CCCC[C@H]1O. The third-order valence-electron chi connectivity index (χ3n) is 4.04. The molecule has 1 aliphatic rings. The molecule has 3 rings (SSSR count). The van der Waals surface area contributed by atoms with Gasteiger partial charge in [-0.2, -0.15) is 0 Å². The smallest absolute Gasteiger partial charge is 0.315 e. The van der Waals surface area contributed by atoms with Crippen LogP contribution in [0.2, 0.25) is 0 Å². The molecule has 3 N–H and O–H groups in total. The van der Waals surface area contributed by atoms with Crippen molar-refractivity contribution in [1.29, 1.82) is 0 Å². The van der Waals surface area contributed by atoms with Crippen LogP contribution in [0, 0.1) is 0 Å². The normalized spacial score (nSPS) is 20.9. The number of aliphatic hydroxyl groups excluding tert-OH is 1. The van der Waals surface area contributed by atoms with Gasteiger partial charge in [0.25, 0.3) is 0 Å². The minimum absolute atomic E-state index is 0.163. The van der Waals surface area contributed by atoms with E-state index in [-0.39, 0.29) is 12.1 Å². The maximum absolute atomic E-state index is 11.9. The van der Waals surface area contributed by atoms with Crippen LogP contribution >= 0.6 is 0 Å². The molecule has 1 saturated carbocycles. The summed E-state index contributed by atoms with van der Waals surface area (Å²) in [7, 11) is 0. The lowest BCUT2D eigenvalue weighted by Crippen LogP contribution is -2.48. The van der Waals surface area contributed by atoms with E-state index >= 15 is 0 Å². The number of aromatic nitrogens is 3. The van der Waals surface area contributed by atoms with Crippen LogP contribution in [0.25, 0.3) is 5.69 Å². The zero-order valence-electron chi connectivity index (χ0n) is 12.9. The fraction of sp³-hybridized carbons (Fsp3) is 0.438. The molecule has 7 heteroatoms. The van der Waals surface area contributed by atoms with E-state index in [1.165, 1.54) is 0 Å². The van der Waals surface area contributed by atoms with Crippen LogP contribution in [0.3, 0.4) is 0 Å². The predicted octanol–water partition coefficient (Wildman–Crippen LogP) is 1.37. The van der Waals surface area contributed by atoms with Gasteiger partial charge in [0.05, 0.1) is 30.6 Å². The van der Waals surface area contributed by atoms with Gasteiger partial charge in [0.2, 0.25) is 0 Å². The van der Waals surface area contributed by atoms with Gasteiger partial charge in [-0.1, -0.05) is 36.3 Å². The van der Waals surface area contributed by atoms with Crippen LogP contribution < -0.4 is 10.6 Å². The average Bonchev–Trinajstić information content (AvgIpc) is 3.05.